The molecule has 0 aromatic carbocycles. The molecule has 5 nitrogen and oxygen atoms in total. The molecule has 0 spiro atoms. The van der Waals surface area contributed by atoms with Crippen LogP contribution in [0.4, 0.5) is 0 Å². The molecule has 0 saturated heterocycles. The van der Waals surface area contributed by atoms with E-state index in [1.807, 2.05) is 0 Å². The van der Waals surface area contributed by atoms with Gasteiger partial charge in [-0.2, -0.15) is 0 Å². The highest BCUT2D eigenvalue weighted by atomic mass is 16.5. The predicted molar refractivity (Wildman–Crippen MR) is 58.1 cm³/mol. The number of amides is 1. The summed E-state index contributed by atoms with van der Waals surface area (Å²) in [6.07, 6.45) is 1.92. The van der Waals surface area contributed by atoms with Crippen LogP contribution < -0.4 is 0 Å². The first-order valence-corrected chi connectivity index (χ1v) is 5.46. The summed E-state index contributed by atoms with van der Waals surface area (Å²) in [6.45, 7) is 3.67. The van der Waals surface area contributed by atoms with E-state index < -0.39 is 11.6 Å². The fraction of sp³-hybridized carbons (Fsp3) is 0.818. The van der Waals surface area contributed by atoms with Crippen LogP contribution in [0.25, 0.3) is 0 Å². The summed E-state index contributed by atoms with van der Waals surface area (Å²) in [4.78, 5) is 24.3. The van der Waals surface area contributed by atoms with Crippen molar-refractivity contribution in [3.05, 3.63) is 0 Å². The molecule has 1 aliphatic carbocycles. The highest BCUT2D eigenvalue weighted by Gasteiger charge is 2.39. The summed E-state index contributed by atoms with van der Waals surface area (Å²) in [7, 11) is 1.49. The smallest absolute Gasteiger partial charge is 0.305 e. The minimum Gasteiger partial charge on any atom is -0.481 e. The molecule has 1 amide bonds. The zero-order valence-corrected chi connectivity index (χ0v) is 10.0. The van der Waals surface area contributed by atoms with Crippen LogP contribution in [0.2, 0.25) is 0 Å². The van der Waals surface area contributed by atoms with E-state index in [0.29, 0.717) is 0 Å². The van der Waals surface area contributed by atoms with Crippen molar-refractivity contribution in [2.45, 2.75) is 44.8 Å². The normalized spacial score (nSPS) is 15.9. The molecule has 0 heterocycles. The average molecular weight is 229 g/mol. The first-order chi connectivity index (χ1) is 7.38. The average Bonchev–Trinajstić information content (AvgIpc) is 3.01. The minimum atomic E-state index is -0.881. The van der Waals surface area contributed by atoms with E-state index in [4.69, 9.17) is 9.84 Å². The van der Waals surface area contributed by atoms with E-state index in [1.165, 1.54) is 7.11 Å². The van der Waals surface area contributed by atoms with Gasteiger partial charge in [-0.3, -0.25) is 9.59 Å². The number of carboxylic acid groups (broad SMARTS) is 1. The number of carboxylic acids is 1. The van der Waals surface area contributed by atoms with Gasteiger partial charge in [0, 0.05) is 19.7 Å². The maximum absolute atomic E-state index is 12.1. The van der Waals surface area contributed by atoms with Gasteiger partial charge in [0.15, 0.2) is 0 Å². The van der Waals surface area contributed by atoms with Crippen LogP contribution in [0.15, 0.2) is 0 Å². The van der Waals surface area contributed by atoms with E-state index in [9.17, 15) is 9.59 Å². The molecule has 0 radical (unpaired) electrons. The van der Waals surface area contributed by atoms with Crippen molar-refractivity contribution in [3.63, 3.8) is 0 Å². The SMILES string of the molecule is COC(C)(C)C(=O)N(CCC(=O)O)C1CC1. The molecule has 1 fully saturated rings. The summed E-state index contributed by atoms with van der Waals surface area (Å²) in [5, 5.41) is 8.64. The predicted octanol–water partition coefficient (Wildman–Crippen LogP) is 0.877. The van der Waals surface area contributed by atoms with Crippen LogP contribution in [0.1, 0.15) is 33.1 Å². The Balaban J connectivity index is 2.62. The van der Waals surface area contributed by atoms with Crippen molar-refractivity contribution in [2.24, 2.45) is 0 Å². The largest absolute Gasteiger partial charge is 0.481 e. The molecular weight excluding hydrogens is 210 g/mol. The fourth-order valence-corrected chi connectivity index (χ4v) is 1.49. The Hall–Kier alpha value is -1.10. The van der Waals surface area contributed by atoms with Gasteiger partial charge in [-0.05, 0) is 26.7 Å². The van der Waals surface area contributed by atoms with Gasteiger partial charge in [-0.1, -0.05) is 0 Å². The zero-order valence-electron chi connectivity index (χ0n) is 10.0. The van der Waals surface area contributed by atoms with E-state index in [2.05, 4.69) is 0 Å². The lowest BCUT2D eigenvalue weighted by Crippen LogP contribution is -2.48. The van der Waals surface area contributed by atoms with Gasteiger partial charge in [-0.15, -0.1) is 0 Å². The van der Waals surface area contributed by atoms with Crippen LogP contribution in [0, 0.1) is 0 Å². The molecule has 0 aromatic rings. The lowest BCUT2D eigenvalue weighted by Gasteiger charge is -2.30. The summed E-state index contributed by atoms with van der Waals surface area (Å²) in [5.41, 5.74) is -0.874. The molecule has 16 heavy (non-hydrogen) atoms. The van der Waals surface area contributed by atoms with Crippen LogP contribution in [-0.4, -0.2) is 47.2 Å². The molecule has 1 aliphatic rings. The second-order valence-corrected chi connectivity index (χ2v) is 4.59. The molecule has 92 valence electrons. The van der Waals surface area contributed by atoms with Crippen molar-refractivity contribution < 1.29 is 19.4 Å². The van der Waals surface area contributed by atoms with Crippen LogP contribution >= 0.6 is 0 Å². The van der Waals surface area contributed by atoms with E-state index >= 15 is 0 Å². The molecule has 1 N–H and O–H groups in total. The molecule has 0 bridgehead atoms. The summed E-state index contributed by atoms with van der Waals surface area (Å²) >= 11 is 0. The maximum atomic E-state index is 12.1. The van der Waals surface area contributed by atoms with Crippen molar-refractivity contribution >= 4 is 11.9 Å². The third-order valence-corrected chi connectivity index (χ3v) is 2.84. The Kier molecular flexibility index (Phi) is 3.91. The Morgan fingerprint density at radius 1 is 1.44 bits per heavy atom. The molecule has 0 unspecified atom stereocenters. The highest BCUT2D eigenvalue weighted by molar-refractivity contribution is 5.85. The number of carbonyl (C=O) groups excluding carboxylic acids is 1. The van der Waals surface area contributed by atoms with Gasteiger partial charge in [-0.25, -0.2) is 0 Å². The number of hydrogen-bond acceptors (Lipinski definition) is 3. The second-order valence-electron chi connectivity index (χ2n) is 4.59. The van der Waals surface area contributed by atoms with Crippen molar-refractivity contribution in [2.75, 3.05) is 13.7 Å². The molecule has 0 aromatic heterocycles. The number of carbonyl (C=O) groups is 2. The molecule has 0 atom stereocenters. The standard InChI is InChI=1S/C11H19NO4/c1-11(2,16-3)10(15)12(8-4-5-8)7-6-9(13)14/h8H,4-7H2,1-3H3,(H,13,14). The van der Waals surface area contributed by atoms with Gasteiger partial charge in [0.25, 0.3) is 5.91 Å². The molecule has 5 heteroatoms. The summed E-state index contributed by atoms with van der Waals surface area (Å²) < 4.78 is 5.13. The Labute approximate surface area is 95.4 Å². The lowest BCUT2D eigenvalue weighted by molar-refractivity contribution is -0.152. The zero-order chi connectivity index (χ0) is 12.3. The molecule has 1 rings (SSSR count). The van der Waals surface area contributed by atoms with Crippen molar-refractivity contribution in [1.29, 1.82) is 0 Å². The van der Waals surface area contributed by atoms with Gasteiger partial charge < -0.3 is 14.7 Å². The summed E-state index contributed by atoms with van der Waals surface area (Å²) in [5.74, 6) is -1.01. The van der Waals surface area contributed by atoms with Crippen LogP contribution in [0.3, 0.4) is 0 Å². The Morgan fingerprint density at radius 2 is 2.00 bits per heavy atom. The Morgan fingerprint density at radius 3 is 2.38 bits per heavy atom. The maximum Gasteiger partial charge on any atom is 0.305 e. The highest BCUT2D eigenvalue weighted by Crippen LogP contribution is 2.29. The van der Waals surface area contributed by atoms with Crippen molar-refractivity contribution in [1.82, 2.24) is 4.90 Å². The third-order valence-electron chi connectivity index (χ3n) is 2.84. The van der Waals surface area contributed by atoms with Gasteiger partial charge >= 0.3 is 5.97 Å². The summed E-state index contributed by atoms with van der Waals surface area (Å²) in [6, 6.07) is 0.210. The van der Waals surface area contributed by atoms with Crippen LogP contribution in [-0.2, 0) is 14.3 Å². The second kappa shape index (κ2) is 4.82. The van der Waals surface area contributed by atoms with Crippen LogP contribution in [0.5, 0.6) is 0 Å². The van der Waals surface area contributed by atoms with Gasteiger partial charge in [0.1, 0.15) is 5.60 Å². The number of nitrogens with zero attached hydrogens (tertiary/aromatic N) is 1. The molecular formula is C11H19NO4. The molecule has 1 saturated carbocycles. The number of ether oxygens (including phenoxy) is 1. The fourth-order valence-electron chi connectivity index (χ4n) is 1.49. The van der Waals surface area contributed by atoms with Gasteiger partial charge in [0.2, 0.25) is 0 Å². The van der Waals surface area contributed by atoms with Gasteiger partial charge in [0.05, 0.1) is 6.42 Å². The Bertz CT molecular complexity index is 284. The number of rotatable bonds is 6. The van der Waals surface area contributed by atoms with E-state index in [1.54, 1.807) is 18.7 Å². The van der Waals surface area contributed by atoms with E-state index in [0.717, 1.165) is 12.8 Å². The quantitative estimate of drug-likeness (QED) is 0.734. The van der Waals surface area contributed by atoms with E-state index in [-0.39, 0.29) is 24.9 Å². The number of aliphatic carboxylic acids is 1. The number of hydrogen-bond donors (Lipinski definition) is 1. The minimum absolute atomic E-state index is 0.0119. The third kappa shape index (κ3) is 3.20. The van der Waals surface area contributed by atoms with Crippen molar-refractivity contribution in [3.8, 4) is 0 Å². The lowest BCUT2D eigenvalue weighted by atomic mass is 10.1. The first kappa shape index (κ1) is 13.0. The first-order valence-electron chi connectivity index (χ1n) is 5.46. The molecule has 0 aliphatic heterocycles. The number of methoxy groups -OCH3 is 1. The monoisotopic (exact) mass is 229 g/mol. The topological polar surface area (TPSA) is 66.8 Å².